The fraction of sp³-hybridized carbons (Fsp3) is 0.302. The van der Waals surface area contributed by atoms with Gasteiger partial charge in [0.05, 0.1) is 47.0 Å². The van der Waals surface area contributed by atoms with E-state index in [4.69, 9.17) is 16.6 Å². The second-order valence-electron chi connectivity index (χ2n) is 14.7. The molecule has 0 radical (unpaired) electrons. The third kappa shape index (κ3) is 8.66. The lowest BCUT2D eigenvalue weighted by atomic mass is 10.00. The topological polar surface area (TPSA) is 157 Å². The van der Waals surface area contributed by atoms with Gasteiger partial charge in [0.2, 0.25) is 11.8 Å². The van der Waals surface area contributed by atoms with Crippen LogP contribution in [0.5, 0.6) is 0 Å². The number of imide groups is 1. The molecule has 2 aromatic carbocycles. The predicted octanol–water partition coefficient (Wildman–Crippen LogP) is 5.88. The Bertz CT molecular complexity index is 2640. The molecule has 0 bridgehead atoms. The molecule has 2 aliphatic rings. The maximum Gasteiger partial charge on any atom is 0.243 e. The van der Waals surface area contributed by atoms with Gasteiger partial charge in [0, 0.05) is 65.8 Å². The zero-order valence-electron chi connectivity index (χ0n) is 32.9. The molecule has 1 unspecified atom stereocenters. The van der Waals surface area contributed by atoms with Crippen molar-refractivity contribution in [3.05, 3.63) is 128 Å². The third-order valence-corrected chi connectivity index (χ3v) is 12.0. The van der Waals surface area contributed by atoms with Gasteiger partial charge in [-0.15, -0.1) is 21.5 Å². The predicted molar refractivity (Wildman–Crippen MR) is 226 cm³/mol. The number of fused-ring (bicyclic) bond motifs is 3. The normalized spacial score (nSPS) is 14.9. The van der Waals surface area contributed by atoms with E-state index in [0.717, 1.165) is 98.7 Å². The Kier molecular flexibility index (Phi) is 11.6. The molecule has 1 atom stereocenters. The first-order valence-corrected chi connectivity index (χ1v) is 20.6. The van der Waals surface area contributed by atoms with Crippen molar-refractivity contribution in [3.8, 4) is 16.8 Å². The summed E-state index contributed by atoms with van der Waals surface area (Å²) in [6.07, 6.45) is 11.1. The van der Waals surface area contributed by atoms with Crippen molar-refractivity contribution >= 4 is 52.4 Å². The number of nitrogens with zero attached hydrogens (tertiary/aromatic N) is 9. The number of nitrogens with one attached hydrogen (secondary N) is 2. The number of thiophene rings is 1. The number of aliphatic imine (C=N–C) groups is 1. The number of carbonyl (C=O) groups excluding carboxylic acids is 3. The quantitative estimate of drug-likeness (QED) is 0.0628. The summed E-state index contributed by atoms with van der Waals surface area (Å²) in [5, 5.41) is 20.8. The number of aromatic nitrogens is 7. The van der Waals surface area contributed by atoms with E-state index in [1.807, 2.05) is 84.9 Å². The van der Waals surface area contributed by atoms with E-state index in [-0.39, 0.29) is 11.8 Å². The fourth-order valence-corrected chi connectivity index (χ4v) is 8.83. The fourth-order valence-electron chi connectivity index (χ4n) is 7.47. The Hall–Kier alpha value is -6.21. The van der Waals surface area contributed by atoms with Gasteiger partial charge >= 0.3 is 0 Å². The van der Waals surface area contributed by atoms with Gasteiger partial charge in [-0.2, -0.15) is 5.10 Å². The van der Waals surface area contributed by atoms with Crippen LogP contribution in [-0.4, -0.2) is 75.9 Å². The van der Waals surface area contributed by atoms with Crippen LogP contribution in [0.3, 0.4) is 0 Å². The van der Waals surface area contributed by atoms with E-state index >= 15 is 0 Å². The second kappa shape index (κ2) is 17.3. The lowest BCUT2D eigenvalue weighted by Crippen LogP contribution is -2.51. The van der Waals surface area contributed by atoms with Crippen LogP contribution in [0.2, 0.25) is 5.02 Å². The first kappa shape index (κ1) is 39.6. The summed E-state index contributed by atoms with van der Waals surface area (Å²) in [6, 6.07) is 12.8. The molecule has 59 heavy (non-hydrogen) atoms. The van der Waals surface area contributed by atoms with Crippen LogP contribution in [0.4, 0.5) is 5.69 Å². The van der Waals surface area contributed by atoms with E-state index in [0.29, 0.717) is 43.1 Å². The van der Waals surface area contributed by atoms with E-state index in [1.165, 1.54) is 0 Å². The number of halogens is 1. The first-order valence-electron chi connectivity index (χ1n) is 19.4. The molecule has 2 N–H and O–H groups in total. The number of benzene rings is 2. The number of unbranched alkanes of at least 4 members (excludes halogenated alkanes) is 1. The lowest BCUT2D eigenvalue weighted by Gasteiger charge is -2.30. The maximum absolute atomic E-state index is 12.5. The Labute approximate surface area is 350 Å². The van der Waals surface area contributed by atoms with E-state index < -0.39 is 6.04 Å². The van der Waals surface area contributed by atoms with Gasteiger partial charge in [-0.05, 0) is 69.5 Å². The van der Waals surface area contributed by atoms with Crippen LogP contribution >= 0.6 is 22.9 Å². The molecular weight excluding hydrogens is 786 g/mol. The van der Waals surface area contributed by atoms with Crippen LogP contribution in [0.25, 0.3) is 5.00 Å². The molecule has 300 valence electrons. The van der Waals surface area contributed by atoms with Crippen LogP contribution in [0.1, 0.15) is 86.1 Å². The maximum atomic E-state index is 12.5. The molecule has 6 heterocycles. The van der Waals surface area contributed by atoms with Crippen molar-refractivity contribution in [3.63, 3.8) is 0 Å². The number of anilines is 1. The average Bonchev–Trinajstić information content (AvgIpc) is 4.01. The SMILES string of the molecule is Cc1c(C#Cc2cnn(CCCCn3cnc(CNc4cccc(C=O)c4CN(C)C4CCC(=O)NC4=O)c3)c2)sc2c1C(c1ccc(Cl)cc1)=NCc1nnc(C)n1-2. The first-order chi connectivity index (χ1) is 28.6. The number of aldehydes is 1. The van der Waals surface area contributed by atoms with Gasteiger partial charge in [-0.3, -0.25) is 38.8 Å². The van der Waals surface area contributed by atoms with Gasteiger partial charge in [0.25, 0.3) is 0 Å². The third-order valence-electron chi connectivity index (χ3n) is 10.6. The Balaban J connectivity index is 0.861. The van der Waals surface area contributed by atoms with Crippen LogP contribution in [0.15, 0.2) is 72.4 Å². The summed E-state index contributed by atoms with van der Waals surface area (Å²) in [6.45, 7) is 6.88. The van der Waals surface area contributed by atoms with Crippen molar-refractivity contribution in [2.75, 3.05) is 12.4 Å². The number of rotatable bonds is 13. The highest BCUT2D eigenvalue weighted by atomic mass is 35.5. The summed E-state index contributed by atoms with van der Waals surface area (Å²) in [5.74, 6) is 7.79. The highest BCUT2D eigenvalue weighted by Gasteiger charge is 2.31. The van der Waals surface area contributed by atoms with Gasteiger partial charge < -0.3 is 9.88 Å². The van der Waals surface area contributed by atoms with Crippen molar-refractivity contribution in [1.29, 1.82) is 0 Å². The Morgan fingerprint density at radius 1 is 1.07 bits per heavy atom. The zero-order chi connectivity index (χ0) is 41.0. The van der Waals surface area contributed by atoms with Gasteiger partial charge in [-0.25, -0.2) is 4.98 Å². The molecule has 8 rings (SSSR count). The van der Waals surface area contributed by atoms with Crippen molar-refractivity contribution in [2.45, 2.75) is 78.3 Å². The highest BCUT2D eigenvalue weighted by Crippen LogP contribution is 2.36. The number of imidazole rings is 1. The summed E-state index contributed by atoms with van der Waals surface area (Å²) in [4.78, 5) is 48.5. The molecule has 0 saturated carbocycles. The highest BCUT2D eigenvalue weighted by molar-refractivity contribution is 7.15. The molecular formula is C43H42ClN11O3S. The molecule has 2 amide bonds. The summed E-state index contributed by atoms with van der Waals surface area (Å²) < 4.78 is 6.10. The number of aryl methyl sites for hydroxylation is 3. The molecule has 4 aromatic heterocycles. The lowest BCUT2D eigenvalue weighted by molar-refractivity contribution is -0.137. The van der Waals surface area contributed by atoms with E-state index in [2.05, 4.69) is 58.8 Å². The minimum absolute atomic E-state index is 0.257. The van der Waals surface area contributed by atoms with Crippen LogP contribution in [0, 0.1) is 25.7 Å². The van der Waals surface area contributed by atoms with Gasteiger partial charge in [0.1, 0.15) is 23.7 Å². The molecule has 6 aromatic rings. The number of hydrogen-bond acceptors (Lipinski definition) is 11. The van der Waals surface area contributed by atoms with Crippen LogP contribution < -0.4 is 10.6 Å². The molecule has 0 aliphatic carbocycles. The molecule has 2 aliphatic heterocycles. The van der Waals surface area contributed by atoms with E-state index in [9.17, 15) is 14.4 Å². The Morgan fingerprint density at radius 3 is 2.71 bits per heavy atom. The largest absolute Gasteiger partial charge is 0.379 e. The average molecular weight is 828 g/mol. The zero-order valence-corrected chi connectivity index (χ0v) is 34.5. The number of piperidine rings is 1. The van der Waals surface area contributed by atoms with Gasteiger partial charge in [-0.1, -0.05) is 47.7 Å². The molecule has 16 heteroatoms. The second-order valence-corrected chi connectivity index (χ2v) is 16.1. The summed E-state index contributed by atoms with van der Waals surface area (Å²) in [5.41, 5.74) is 7.81. The molecule has 1 fully saturated rings. The number of hydrogen-bond donors (Lipinski definition) is 2. The smallest absolute Gasteiger partial charge is 0.243 e. The number of amides is 2. The molecule has 14 nitrogen and oxygen atoms in total. The van der Waals surface area contributed by atoms with Crippen molar-refractivity contribution in [2.24, 2.45) is 4.99 Å². The monoisotopic (exact) mass is 827 g/mol. The standard InChI is InChI=1S/C43H42ClN11O3S/c1-27-37(59-43-40(27)41(30-10-12-32(44)13-11-30)46-21-38-51-50-28(2)55(38)43)15-9-29-19-48-54(22-29)18-5-4-17-53-23-33(47-26-53)20-45-35-8-6-7-31(25-56)34(35)24-52(3)36-14-16-39(57)49-42(36)58/h6-8,10-13,19,22-23,25-26,36,45H,4-5,14,16-18,20-21,24H2,1-3H3,(H,49,57,58). The van der Waals surface area contributed by atoms with Crippen molar-refractivity contribution < 1.29 is 14.4 Å². The van der Waals surface area contributed by atoms with E-state index in [1.54, 1.807) is 17.4 Å². The minimum Gasteiger partial charge on any atom is -0.379 e. The minimum atomic E-state index is -0.445. The Morgan fingerprint density at radius 2 is 1.90 bits per heavy atom. The summed E-state index contributed by atoms with van der Waals surface area (Å²) >= 11 is 7.83. The van der Waals surface area contributed by atoms with Crippen LogP contribution in [-0.2, 0) is 42.3 Å². The number of carbonyl (C=O) groups is 3. The molecule has 1 saturated heterocycles. The van der Waals surface area contributed by atoms with Gasteiger partial charge in [0.15, 0.2) is 5.82 Å². The van der Waals surface area contributed by atoms with Crippen molar-refractivity contribution in [1.82, 2.24) is 44.3 Å². The number of likely N-dealkylation sites (N-methyl/N-ethyl adjacent to an activating group) is 1. The summed E-state index contributed by atoms with van der Waals surface area (Å²) in [7, 11) is 1.83. The molecule has 0 spiro atoms.